The zero-order chi connectivity index (χ0) is 14.7. The highest BCUT2D eigenvalue weighted by atomic mass is 16.5. The van der Waals surface area contributed by atoms with Crippen LogP contribution in [0.25, 0.3) is 0 Å². The number of nitrogens with two attached hydrogens (primary N) is 1. The first-order valence-corrected chi connectivity index (χ1v) is 7.19. The molecule has 2 rings (SSSR count). The summed E-state index contributed by atoms with van der Waals surface area (Å²) >= 11 is 0. The molecule has 0 unspecified atom stereocenters. The number of carbonyl (C=O) groups is 1. The molecule has 0 saturated heterocycles. The van der Waals surface area contributed by atoms with Gasteiger partial charge in [-0.1, -0.05) is 0 Å². The van der Waals surface area contributed by atoms with Gasteiger partial charge in [0.15, 0.2) is 0 Å². The van der Waals surface area contributed by atoms with Crippen molar-refractivity contribution in [1.82, 2.24) is 4.73 Å². The molecule has 0 spiro atoms. The van der Waals surface area contributed by atoms with Crippen molar-refractivity contribution < 1.29 is 10.0 Å². The third kappa shape index (κ3) is 3.28. The van der Waals surface area contributed by atoms with E-state index in [1.165, 1.54) is 0 Å². The molecule has 1 fully saturated rings. The molecule has 1 aromatic rings. The number of hydrogen-bond acceptors (Lipinski definition) is 3. The average Bonchev–Trinajstić information content (AvgIpc) is 2.44. The first-order valence-electron chi connectivity index (χ1n) is 7.19. The summed E-state index contributed by atoms with van der Waals surface area (Å²) in [6, 6.07) is 3.44. The van der Waals surface area contributed by atoms with E-state index >= 15 is 0 Å². The summed E-state index contributed by atoms with van der Waals surface area (Å²) in [4.78, 5) is 16.4. The Morgan fingerprint density at radius 2 is 1.85 bits per heavy atom. The van der Waals surface area contributed by atoms with Gasteiger partial charge in [-0.25, -0.2) is 4.99 Å². The van der Waals surface area contributed by atoms with E-state index in [4.69, 9.17) is 5.73 Å². The lowest BCUT2D eigenvalue weighted by atomic mass is 9.82. The van der Waals surface area contributed by atoms with E-state index in [0.29, 0.717) is 29.2 Å². The van der Waals surface area contributed by atoms with Crippen molar-refractivity contribution in [3.63, 3.8) is 0 Å². The van der Waals surface area contributed by atoms with E-state index < -0.39 is 0 Å². The lowest BCUT2D eigenvalue weighted by Crippen LogP contribution is -2.26. The van der Waals surface area contributed by atoms with Crippen molar-refractivity contribution in [3.8, 4) is 0 Å². The molecule has 1 aromatic heterocycles. The zero-order valence-corrected chi connectivity index (χ0v) is 12.2. The van der Waals surface area contributed by atoms with Crippen LogP contribution in [0.1, 0.15) is 37.1 Å². The summed E-state index contributed by atoms with van der Waals surface area (Å²) in [6.45, 7) is 4.28. The molecule has 0 aliphatic heterocycles. The van der Waals surface area contributed by atoms with E-state index in [1.54, 1.807) is 26.0 Å². The summed E-state index contributed by atoms with van der Waals surface area (Å²) in [5, 5.41) is 10.3. The summed E-state index contributed by atoms with van der Waals surface area (Å²) in [5.74, 6) is 0.545. The van der Waals surface area contributed by atoms with E-state index in [0.717, 1.165) is 30.4 Å². The van der Waals surface area contributed by atoms with Gasteiger partial charge in [0, 0.05) is 5.92 Å². The first kappa shape index (κ1) is 14.8. The fraction of sp³-hybridized carbons (Fsp3) is 0.600. The number of aromatic nitrogens is 1. The SMILES string of the molecule is Cc1cc(=NC(=O)C2CCC(CN)CC2)cc(C)n1O. The maximum absolute atomic E-state index is 12.2. The van der Waals surface area contributed by atoms with Gasteiger partial charge in [-0.3, -0.25) is 4.79 Å². The fourth-order valence-corrected chi connectivity index (χ4v) is 2.80. The van der Waals surface area contributed by atoms with Crippen molar-refractivity contribution in [2.45, 2.75) is 39.5 Å². The molecular formula is C15H23N3O2. The quantitative estimate of drug-likeness (QED) is 0.804. The Balaban J connectivity index is 2.13. The van der Waals surface area contributed by atoms with Gasteiger partial charge in [-0.15, -0.1) is 0 Å². The molecule has 1 aliphatic carbocycles. The number of hydrogen-bond donors (Lipinski definition) is 2. The van der Waals surface area contributed by atoms with Crippen LogP contribution in [-0.2, 0) is 4.79 Å². The highest BCUT2D eigenvalue weighted by molar-refractivity contribution is 5.79. The van der Waals surface area contributed by atoms with E-state index in [9.17, 15) is 10.0 Å². The molecule has 20 heavy (non-hydrogen) atoms. The molecule has 1 amide bonds. The second-order valence-corrected chi connectivity index (χ2v) is 5.71. The van der Waals surface area contributed by atoms with Gasteiger partial charge in [-0.05, 0) is 64.1 Å². The standard InChI is InChI=1S/C15H23N3O2/c1-10-7-14(8-11(2)18(10)20)17-15(19)13-5-3-12(9-16)4-6-13/h7-8,12-13,20H,3-6,9,16H2,1-2H3. The number of rotatable bonds is 2. The largest absolute Gasteiger partial charge is 0.428 e. The third-order valence-electron chi connectivity index (χ3n) is 4.15. The van der Waals surface area contributed by atoms with Crippen molar-refractivity contribution >= 4 is 5.91 Å². The van der Waals surface area contributed by atoms with Crippen LogP contribution in [-0.4, -0.2) is 22.4 Å². The van der Waals surface area contributed by atoms with Crippen LogP contribution < -0.4 is 11.1 Å². The number of aryl methyl sites for hydroxylation is 2. The van der Waals surface area contributed by atoms with Crippen molar-refractivity contribution in [2.24, 2.45) is 22.6 Å². The van der Waals surface area contributed by atoms with Gasteiger partial charge in [0.1, 0.15) is 0 Å². The van der Waals surface area contributed by atoms with Crippen LogP contribution in [0.5, 0.6) is 0 Å². The van der Waals surface area contributed by atoms with Crippen LogP contribution in [0.15, 0.2) is 17.1 Å². The monoisotopic (exact) mass is 277 g/mol. The predicted molar refractivity (Wildman–Crippen MR) is 76.2 cm³/mol. The second kappa shape index (κ2) is 6.22. The summed E-state index contributed by atoms with van der Waals surface area (Å²) in [6.07, 6.45) is 3.81. The Hall–Kier alpha value is -1.62. The minimum Gasteiger partial charge on any atom is -0.428 e. The molecule has 0 radical (unpaired) electrons. The number of carbonyl (C=O) groups excluding carboxylic acids is 1. The van der Waals surface area contributed by atoms with Crippen molar-refractivity contribution in [1.29, 1.82) is 0 Å². The Morgan fingerprint density at radius 3 is 2.35 bits per heavy atom. The lowest BCUT2D eigenvalue weighted by molar-refractivity contribution is -0.123. The molecule has 1 heterocycles. The Labute approximate surface area is 119 Å². The first-order chi connectivity index (χ1) is 9.51. The minimum atomic E-state index is -0.0463. The summed E-state index contributed by atoms with van der Waals surface area (Å²) in [7, 11) is 0. The van der Waals surface area contributed by atoms with Gasteiger partial charge in [0.05, 0.1) is 16.7 Å². The maximum atomic E-state index is 12.2. The van der Waals surface area contributed by atoms with Crippen LogP contribution in [0, 0.1) is 25.7 Å². The Bertz CT molecular complexity index is 528. The lowest BCUT2D eigenvalue weighted by Gasteiger charge is -2.25. The molecule has 0 bridgehead atoms. The van der Waals surface area contributed by atoms with Crippen LogP contribution >= 0.6 is 0 Å². The minimum absolute atomic E-state index is 0.0277. The highest BCUT2D eigenvalue weighted by Crippen LogP contribution is 2.28. The maximum Gasteiger partial charge on any atom is 0.249 e. The van der Waals surface area contributed by atoms with Gasteiger partial charge >= 0.3 is 0 Å². The van der Waals surface area contributed by atoms with E-state index in [2.05, 4.69) is 4.99 Å². The zero-order valence-electron chi connectivity index (χ0n) is 12.2. The molecular weight excluding hydrogens is 254 g/mol. The van der Waals surface area contributed by atoms with Crippen molar-refractivity contribution in [2.75, 3.05) is 6.54 Å². The molecule has 110 valence electrons. The molecule has 1 saturated carbocycles. The van der Waals surface area contributed by atoms with Gasteiger partial charge in [0.2, 0.25) is 5.91 Å². The Kier molecular flexibility index (Phi) is 4.60. The fourth-order valence-electron chi connectivity index (χ4n) is 2.80. The number of nitrogens with zero attached hydrogens (tertiary/aromatic N) is 2. The topological polar surface area (TPSA) is 80.6 Å². The summed E-state index contributed by atoms with van der Waals surface area (Å²) < 4.78 is 1.09. The van der Waals surface area contributed by atoms with Crippen LogP contribution in [0.4, 0.5) is 0 Å². The number of pyridine rings is 1. The van der Waals surface area contributed by atoms with E-state index in [-0.39, 0.29) is 11.8 Å². The average molecular weight is 277 g/mol. The molecule has 0 atom stereocenters. The highest BCUT2D eigenvalue weighted by Gasteiger charge is 2.25. The molecule has 0 aromatic carbocycles. The van der Waals surface area contributed by atoms with Crippen LogP contribution in [0.3, 0.4) is 0 Å². The Morgan fingerprint density at radius 1 is 1.30 bits per heavy atom. The summed E-state index contributed by atoms with van der Waals surface area (Å²) in [5.41, 5.74) is 7.00. The van der Waals surface area contributed by atoms with Gasteiger partial charge in [0.25, 0.3) is 0 Å². The van der Waals surface area contributed by atoms with Gasteiger partial charge < -0.3 is 10.9 Å². The third-order valence-corrected chi connectivity index (χ3v) is 4.15. The van der Waals surface area contributed by atoms with E-state index in [1.807, 2.05) is 0 Å². The van der Waals surface area contributed by atoms with Crippen LogP contribution in [0.2, 0.25) is 0 Å². The number of amides is 1. The molecule has 3 N–H and O–H groups in total. The van der Waals surface area contributed by atoms with Gasteiger partial charge in [-0.2, -0.15) is 4.73 Å². The predicted octanol–water partition coefficient (Wildman–Crippen LogP) is 1.53. The van der Waals surface area contributed by atoms with Crippen molar-refractivity contribution in [3.05, 3.63) is 28.9 Å². The smallest absolute Gasteiger partial charge is 0.249 e. The normalized spacial score (nSPS) is 22.6. The molecule has 1 aliphatic rings. The molecule has 5 nitrogen and oxygen atoms in total. The molecule has 5 heteroatoms. The second-order valence-electron chi connectivity index (χ2n) is 5.71.